The summed E-state index contributed by atoms with van der Waals surface area (Å²) in [6.07, 6.45) is 2.69. The fourth-order valence-corrected chi connectivity index (χ4v) is 3.61. The topological polar surface area (TPSA) is 58.6 Å². The molecule has 0 fully saturated rings. The molecule has 0 aromatic heterocycles. The molecule has 7 heteroatoms. The first-order chi connectivity index (χ1) is 15.3. The molecule has 1 N–H and O–H groups in total. The van der Waals surface area contributed by atoms with Crippen molar-refractivity contribution in [3.63, 3.8) is 0 Å². The summed E-state index contributed by atoms with van der Waals surface area (Å²) < 4.78 is 5.73. The van der Waals surface area contributed by atoms with Crippen LogP contribution in [-0.4, -0.2) is 35.9 Å². The molecular formula is C25H32Cl2N2O3. The van der Waals surface area contributed by atoms with Crippen LogP contribution in [0, 0.1) is 6.92 Å². The van der Waals surface area contributed by atoms with E-state index in [2.05, 4.69) is 12.2 Å². The van der Waals surface area contributed by atoms with E-state index in [0.717, 1.165) is 29.7 Å². The Bertz CT molecular complexity index is 887. The lowest BCUT2D eigenvalue weighted by atomic mass is 10.1. The molecule has 174 valence electrons. The van der Waals surface area contributed by atoms with Gasteiger partial charge in [0.1, 0.15) is 11.8 Å². The highest BCUT2D eigenvalue weighted by Crippen LogP contribution is 2.23. The summed E-state index contributed by atoms with van der Waals surface area (Å²) in [6.45, 7) is 7.06. The molecule has 2 amide bonds. The molecular weight excluding hydrogens is 447 g/mol. The molecule has 5 nitrogen and oxygen atoms in total. The fourth-order valence-electron chi connectivity index (χ4n) is 3.14. The Hall–Kier alpha value is -2.24. The maximum Gasteiger partial charge on any atom is 0.242 e. The highest BCUT2D eigenvalue weighted by atomic mass is 35.5. The second-order valence-electron chi connectivity index (χ2n) is 7.84. The molecule has 0 heterocycles. The van der Waals surface area contributed by atoms with Gasteiger partial charge in [0.15, 0.2) is 0 Å². The van der Waals surface area contributed by atoms with Crippen LogP contribution in [0.4, 0.5) is 0 Å². The summed E-state index contributed by atoms with van der Waals surface area (Å²) in [7, 11) is 0. The number of unbranched alkanes of at least 4 members (excludes halogenated alkanes) is 1. The normalized spacial score (nSPS) is 11.7. The molecule has 1 atom stereocenters. The van der Waals surface area contributed by atoms with Crippen molar-refractivity contribution in [3.8, 4) is 5.75 Å². The van der Waals surface area contributed by atoms with Crippen LogP contribution in [0.3, 0.4) is 0 Å². The van der Waals surface area contributed by atoms with Gasteiger partial charge in [0, 0.05) is 29.6 Å². The van der Waals surface area contributed by atoms with Gasteiger partial charge >= 0.3 is 0 Å². The zero-order chi connectivity index (χ0) is 23.5. The minimum atomic E-state index is -0.621. The van der Waals surface area contributed by atoms with Crippen LogP contribution in [0.25, 0.3) is 0 Å². The second-order valence-corrected chi connectivity index (χ2v) is 8.69. The van der Waals surface area contributed by atoms with Crippen molar-refractivity contribution in [2.45, 2.75) is 59.0 Å². The highest BCUT2D eigenvalue weighted by Gasteiger charge is 2.26. The first-order valence-electron chi connectivity index (χ1n) is 11.0. The number of benzene rings is 2. The van der Waals surface area contributed by atoms with Gasteiger partial charge in [0.05, 0.1) is 6.61 Å². The van der Waals surface area contributed by atoms with E-state index in [-0.39, 0.29) is 24.8 Å². The molecule has 0 aliphatic carbocycles. The first-order valence-corrected chi connectivity index (χ1v) is 11.8. The number of rotatable bonds is 12. The van der Waals surface area contributed by atoms with E-state index >= 15 is 0 Å². The van der Waals surface area contributed by atoms with Crippen molar-refractivity contribution in [1.82, 2.24) is 10.2 Å². The van der Waals surface area contributed by atoms with Crippen molar-refractivity contribution in [1.29, 1.82) is 0 Å². The largest absolute Gasteiger partial charge is 0.494 e. The molecule has 0 radical (unpaired) electrons. The first kappa shape index (κ1) is 26.0. The molecule has 2 aromatic carbocycles. The Morgan fingerprint density at radius 3 is 2.47 bits per heavy atom. The summed E-state index contributed by atoms with van der Waals surface area (Å²) in [5.74, 6) is 0.478. The van der Waals surface area contributed by atoms with Crippen LogP contribution < -0.4 is 10.1 Å². The summed E-state index contributed by atoms with van der Waals surface area (Å²) >= 11 is 12.3. The van der Waals surface area contributed by atoms with Gasteiger partial charge < -0.3 is 15.0 Å². The maximum absolute atomic E-state index is 13.1. The third-order valence-electron chi connectivity index (χ3n) is 5.18. The number of aryl methyl sites for hydroxylation is 1. The molecule has 0 bridgehead atoms. The number of nitrogens with one attached hydrogen (secondary N) is 1. The zero-order valence-electron chi connectivity index (χ0n) is 19.0. The smallest absolute Gasteiger partial charge is 0.242 e. The molecule has 2 aromatic rings. The van der Waals surface area contributed by atoms with E-state index in [9.17, 15) is 9.59 Å². The SMILES string of the molecule is CCCCNC(=O)[C@H](C)N(Cc1ccc(Cl)cc1Cl)C(=O)CCCOc1ccc(C)cc1. The van der Waals surface area contributed by atoms with Crippen LogP contribution >= 0.6 is 23.2 Å². The van der Waals surface area contributed by atoms with Gasteiger partial charge in [-0.1, -0.05) is 60.3 Å². The highest BCUT2D eigenvalue weighted by molar-refractivity contribution is 6.35. The summed E-state index contributed by atoms with van der Waals surface area (Å²) in [4.78, 5) is 27.3. The number of nitrogens with zero attached hydrogens (tertiary/aromatic N) is 1. The number of hydrogen-bond donors (Lipinski definition) is 1. The van der Waals surface area contributed by atoms with E-state index in [1.165, 1.54) is 0 Å². The number of carbonyl (C=O) groups excluding carboxylic acids is 2. The minimum absolute atomic E-state index is 0.123. The van der Waals surface area contributed by atoms with Gasteiger partial charge in [-0.15, -0.1) is 0 Å². The van der Waals surface area contributed by atoms with Gasteiger partial charge in [-0.25, -0.2) is 0 Å². The number of amides is 2. The Balaban J connectivity index is 2.01. The summed E-state index contributed by atoms with van der Waals surface area (Å²) in [6, 6.07) is 12.3. The summed E-state index contributed by atoms with van der Waals surface area (Å²) in [5.41, 5.74) is 1.91. The third kappa shape index (κ3) is 8.36. The van der Waals surface area contributed by atoms with Gasteiger partial charge in [0.25, 0.3) is 0 Å². The van der Waals surface area contributed by atoms with E-state index in [1.807, 2.05) is 31.2 Å². The standard InChI is InChI=1S/C25H32Cl2N2O3/c1-4-5-14-28-25(31)19(3)29(17-20-10-11-21(26)16-23(20)27)24(30)7-6-15-32-22-12-8-18(2)9-13-22/h8-13,16,19H,4-7,14-15,17H2,1-3H3,(H,28,31)/t19-/m0/s1. The van der Waals surface area contributed by atoms with Crippen molar-refractivity contribution in [2.24, 2.45) is 0 Å². The van der Waals surface area contributed by atoms with Crippen LogP contribution in [0.1, 0.15) is 50.7 Å². The van der Waals surface area contributed by atoms with Crippen LogP contribution in [0.2, 0.25) is 10.0 Å². The molecule has 32 heavy (non-hydrogen) atoms. The van der Waals surface area contributed by atoms with Gasteiger partial charge in [0.2, 0.25) is 11.8 Å². The lowest BCUT2D eigenvalue weighted by Gasteiger charge is -2.29. The van der Waals surface area contributed by atoms with Gasteiger partial charge in [-0.3, -0.25) is 9.59 Å². The molecule has 2 rings (SSSR count). The number of halogens is 2. The average Bonchev–Trinajstić information content (AvgIpc) is 2.77. The third-order valence-corrected chi connectivity index (χ3v) is 5.76. The van der Waals surface area contributed by atoms with E-state index in [4.69, 9.17) is 27.9 Å². The Morgan fingerprint density at radius 1 is 1.09 bits per heavy atom. The Kier molecular flexibility index (Phi) is 10.8. The molecule has 0 spiro atoms. The molecule has 0 saturated carbocycles. The zero-order valence-corrected chi connectivity index (χ0v) is 20.5. The van der Waals surface area contributed by atoms with Gasteiger partial charge in [-0.05, 0) is 56.5 Å². The fraction of sp³-hybridized carbons (Fsp3) is 0.440. The number of ether oxygens (including phenoxy) is 1. The quantitative estimate of drug-likeness (QED) is 0.392. The molecule has 0 saturated heterocycles. The lowest BCUT2D eigenvalue weighted by Crippen LogP contribution is -2.47. The molecule has 0 aliphatic heterocycles. The Morgan fingerprint density at radius 2 is 1.81 bits per heavy atom. The number of hydrogen-bond acceptors (Lipinski definition) is 3. The van der Waals surface area contributed by atoms with E-state index in [1.54, 1.807) is 30.0 Å². The Labute approximate surface area is 201 Å². The van der Waals surface area contributed by atoms with Crippen LogP contribution in [-0.2, 0) is 16.1 Å². The maximum atomic E-state index is 13.1. The van der Waals surface area contributed by atoms with Crippen LogP contribution in [0.5, 0.6) is 5.75 Å². The van der Waals surface area contributed by atoms with Crippen LogP contribution in [0.15, 0.2) is 42.5 Å². The van der Waals surface area contributed by atoms with Crippen molar-refractivity contribution in [2.75, 3.05) is 13.2 Å². The predicted molar refractivity (Wildman–Crippen MR) is 130 cm³/mol. The van der Waals surface area contributed by atoms with Crippen molar-refractivity contribution in [3.05, 3.63) is 63.6 Å². The number of carbonyl (C=O) groups is 2. The molecule has 0 aliphatic rings. The molecule has 0 unspecified atom stereocenters. The lowest BCUT2D eigenvalue weighted by molar-refractivity contribution is -0.140. The average molecular weight is 479 g/mol. The monoisotopic (exact) mass is 478 g/mol. The predicted octanol–water partition coefficient (Wildman–Crippen LogP) is 5.79. The van der Waals surface area contributed by atoms with Crippen molar-refractivity contribution >= 4 is 35.0 Å². The van der Waals surface area contributed by atoms with Crippen molar-refractivity contribution < 1.29 is 14.3 Å². The van der Waals surface area contributed by atoms with E-state index < -0.39 is 6.04 Å². The summed E-state index contributed by atoms with van der Waals surface area (Å²) in [5, 5.41) is 3.90. The van der Waals surface area contributed by atoms with E-state index in [0.29, 0.717) is 29.6 Å². The second kappa shape index (κ2) is 13.3. The minimum Gasteiger partial charge on any atom is -0.494 e. The van der Waals surface area contributed by atoms with Gasteiger partial charge in [-0.2, -0.15) is 0 Å².